The van der Waals surface area contributed by atoms with Crippen LogP contribution in [-0.2, 0) is 4.74 Å². The Balaban J connectivity index is 1.55. The van der Waals surface area contributed by atoms with Gasteiger partial charge in [-0.05, 0) is 70.8 Å². The van der Waals surface area contributed by atoms with Crippen LogP contribution in [0.1, 0.15) is 59.8 Å². The van der Waals surface area contributed by atoms with Gasteiger partial charge in [0.2, 0.25) is 0 Å². The van der Waals surface area contributed by atoms with Gasteiger partial charge in [0, 0.05) is 25.7 Å². The predicted octanol–water partition coefficient (Wildman–Crippen LogP) is 3.51. The number of piperidine rings is 2. The third kappa shape index (κ3) is 3.58. The smallest absolute Gasteiger partial charge is 0.410 e. The van der Waals surface area contributed by atoms with Crippen molar-refractivity contribution in [2.75, 3.05) is 26.2 Å². The maximum Gasteiger partial charge on any atom is 0.410 e. The van der Waals surface area contributed by atoms with Gasteiger partial charge in [0.05, 0.1) is 0 Å². The molecule has 3 fully saturated rings. The average molecular weight is 308 g/mol. The molecule has 22 heavy (non-hydrogen) atoms. The van der Waals surface area contributed by atoms with Crippen molar-refractivity contribution in [2.45, 2.75) is 71.4 Å². The Bertz CT molecular complexity index is 425. The Morgan fingerprint density at radius 1 is 1.18 bits per heavy atom. The van der Waals surface area contributed by atoms with Gasteiger partial charge in [-0.3, -0.25) is 4.90 Å². The summed E-state index contributed by atoms with van der Waals surface area (Å²) >= 11 is 0. The standard InChI is InChI=1S/C18H32N2O2/c1-14-12-19(16(21)22-17(2,3)4)11-6-15(14)20-10-5-7-18(13-20)8-9-18/h14-15H,5-13H2,1-4H3. The van der Waals surface area contributed by atoms with Crippen molar-refractivity contribution < 1.29 is 9.53 Å². The summed E-state index contributed by atoms with van der Waals surface area (Å²) in [7, 11) is 0. The first-order valence-electron chi connectivity index (χ1n) is 9.00. The van der Waals surface area contributed by atoms with Gasteiger partial charge >= 0.3 is 6.09 Å². The van der Waals surface area contributed by atoms with Crippen LogP contribution < -0.4 is 0 Å². The number of hydrogen-bond donors (Lipinski definition) is 0. The van der Waals surface area contributed by atoms with Crippen LogP contribution in [0.25, 0.3) is 0 Å². The molecule has 3 rings (SSSR count). The molecule has 0 bridgehead atoms. The first kappa shape index (κ1) is 16.1. The largest absolute Gasteiger partial charge is 0.444 e. The van der Waals surface area contributed by atoms with Crippen molar-refractivity contribution >= 4 is 6.09 Å². The minimum Gasteiger partial charge on any atom is -0.444 e. The summed E-state index contributed by atoms with van der Waals surface area (Å²) in [5.41, 5.74) is 0.280. The van der Waals surface area contributed by atoms with Crippen LogP contribution in [0.15, 0.2) is 0 Å². The minimum atomic E-state index is -0.400. The van der Waals surface area contributed by atoms with Gasteiger partial charge < -0.3 is 9.64 Å². The number of hydrogen-bond acceptors (Lipinski definition) is 3. The third-order valence-electron chi connectivity index (χ3n) is 5.63. The van der Waals surface area contributed by atoms with Gasteiger partial charge in [-0.1, -0.05) is 6.92 Å². The zero-order valence-electron chi connectivity index (χ0n) is 14.7. The molecule has 0 N–H and O–H groups in total. The lowest BCUT2D eigenvalue weighted by molar-refractivity contribution is -0.00341. The molecule has 2 aliphatic heterocycles. The molecule has 2 unspecified atom stereocenters. The molecule has 1 spiro atoms. The van der Waals surface area contributed by atoms with E-state index in [1.165, 1.54) is 38.8 Å². The van der Waals surface area contributed by atoms with E-state index in [1.54, 1.807) is 0 Å². The van der Waals surface area contributed by atoms with Crippen LogP contribution in [0, 0.1) is 11.3 Å². The van der Waals surface area contributed by atoms with Crippen LogP contribution in [0.2, 0.25) is 0 Å². The van der Waals surface area contributed by atoms with Gasteiger partial charge in [0.25, 0.3) is 0 Å². The van der Waals surface area contributed by atoms with Crippen molar-refractivity contribution in [3.8, 4) is 0 Å². The number of rotatable bonds is 1. The summed E-state index contributed by atoms with van der Waals surface area (Å²) in [5, 5.41) is 0. The van der Waals surface area contributed by atoms with E-state index < -0.39 is 5.60 Å². The Hall–Kier alpha value is -0.770. The lowest BCUT2D eigenvalue weighted by Crippen LogP contribution is -2.54. The summed E-state index contributed by atoms with van der Waals surface area (Å²) in [5.74, 6) is 0.537. The number of carbonyl (C=O) groups excluding carboxylic acids is 1. The fourth-order valence-electron chi connectivity index (χ4n) is 4.28. The molecule has 2 saturated heterocycles. The predicted molar refractivity (Wildman–Crippen MR) is 87.9 cm³/mol. The van der Waals surface area contributed by atoms with Crippen LogP contribution in [0.5, 0.6) is 0 Å². The third-order valence-corrected chi connectivity index (χ3v) is 5.63. The van der Waals surface area contributed by atoms with Gasteiger partial charge in [-0.25, -0.2) is 4.79 Å². The average Bonchev–Trinajstić information content (AvgIpc) is 3.15. The van der Waals surface area contributed by atoms with Crippen molar-refractivity contribution in [3.05, 3.63) is 0 Å². The summed E-state index contributed by atoms with van der Waals surface area (Å²) in [6, 6.07) is 0.650. The monoisotopic (exact) mass is 308 g/mol. The molecule has 3 aliphatic rings. The highest BCUT2D eigenvalue weighted by molar-refractivity contribution is 5.68. The zero-order chi connectivity index (χ0) is 16.0. The second-order valence-electron chi connectivity index (χ2n) is 8.83. The molecule has 1 saturated carbocycles. The quantitative estimate of drug-likeness (QED) is 0.743. The summed E-state index contributed by atoms with van der Waals surface area (Å²) in [4.78, 5) is 16.9. The summed E-state index contributed by atoms with van der Waals surface area (Å²) < 4.78 is 5.52. The van der Waals surface area contributed by atoms with E-state index in [1.807, 2.05) is 25.7 Å². The molecular weight excluding hydrogens is 276 g/mol. The molecule has 126 valence electrons. The van der Waals surface area contributed by atoms with Crippen LogP contribution in [-0.4, -0.2) is 53.7 Å². The highest BCUT2D eigenvalue weighted by atomic mass is 16.6. The van der Waals surface area contributed by atoms with E-state index in [9.17, 15) is 4.79 Å². The van der Waals surface area contributed by atoms with Crippen molar-refractivity contribution in [1.29, 1.82) is 0 Å². The van der Waals surface area contributed by atoms with E-state index >= 15 is 0 Å². The molecule has 0 radical (unpaired) electrons. The molecular formula is C18H32N2O2. The Morgan fingerprint density at radius 2 is 1.91 bits per heavy atom. The molecule has 2 atom stereocenters. The maximum atomic E-state index is 12.2. The lowest BCUT2D eigenvalue weighted by Gasteiger charge is -2.46. The highest BCUT2D eigenvalue weighted by Crippen LogP contribution is 2.52. The number of carbonyl (C=O) groups is 1. The zero-order valence-corrected chi connectivity index (χ0v) is 14.7. The van der Waals surface area contributed by atoms with E-state index in [0.717, 1.165) is 19.5 Å². The fraction of sp³-hybridized carbons (Fsp3) is 0.944. The Labute approximate surface area is 135 Å². The molecule has 4 heteroatoms. The summed E-state index contributed by atoms with van der Waals surface area (Å²) in [6.45, 7) is 12.3. The number of likely N-dealkylation sites (tertiary alicyclic amines) is 2. The van der Waals surface area contributed by atoms with Crippen LogP contribution in [0.3, 0.4) is 0 Å². The Morgan fingerprint density at radius 3 is 2.50 bits per heavy atom. The number of amides is 1. The van der Waals surface area contributed by atoms with Crippen LogP contribution in [0.4, 0.5) is 4.79 Å². The number of nitrogens with zero attached hydrogens (tertiary/aromatic N) is 2. The normalized spacial score (nSPS) is 32.1. The molecule has 2 heterocycles. The van der Waals surface area contributed by atoms with E-state index in [-0.39, 0.29) is 6.09 Å². The molecule has 0 aromatic rings. The second-order valence-corrected chi connectivity index (χ2v) is 8.83. The minimum absolute atomic E-state index is 0.143. The second kappa shape index (κ2) is 5.70. The van der Waals surface area contributed by atoms with E-state index in [4.69, 9.17) is 4.74 Å². The van der Waals surface area contributed by atoms with Gasteiger partial charge in [-0.15, -0.1) is 0 Å². The van der Waals surface area contributed by atoms with E-state index in [0.29, 0.717) is 17.4 Å². The van der Waals surface area contributed by atoms with Crippen molar-refractivity contribution in [2.24, 2.45) is 11.3 Å². The lowest BCUT2D eigenvalue weighted by atomic mass is 9.87. The fourth-order valence-corrected chi connectivity index (χ4v) is 4.28. The highest BCUT2D eigenvalue weighted by Gasteiger charge is 2.47. The molecule has 1 aliphatic carbocycles. The van der Waals surface area contributed by atoms with Gasteiger partial charge in [-0.2, -0.15) is 0 Å². The first-order valence-corrected chi connectivity index (χ1v) is 9.00. The van der Waals surface area contributed by atoms with Crippen molar-refractivity contribution in [1.82, 2.24) is 9.80 Å². The first-order chi connectivity index (χ1) is 10.3. The maximum absolute atomic E-state index is 12.2. The topological polar surface area (TPSA) is 32.8 Å². The molecule has 0 aromatic heterocycles. The van der Waals surface area contributed by atoms with Gasteiger partial charge in [0.1, 0.15) is 5.60 Å². The molecule has 1 amide bonds. The summed E-state index contributed by atoms with van der Waals surface area (Å²) in [6.07, 6.45) is 6.63. The SMILES string of the molecule is CC1CN(C(=O)OC(C)(C)C)CCC1N1CCCC2(CC2)C1. The molecule has 0 aromatic carbocycles. The number of ether oxygens (including phenoxy) is 1. The van der Waals surface area contributed by atoms with E-state index in [2.05, 4.69) is 11.8 Å². The van der Waals surface area contributed by atoms with Crippen molar-refractivity contribution in [3.63, 3.8) is 0 Å². The molecule has 4 nitrogen and oxygen atoms in total. The Kier molecular flexibility index (Phi) is 4.17. The van der Waals surface area contributed by atoms with Crippen LogP contribution >= 0.6 is 0 Å². The van der Waals surface area contributed by atoms with Gasteiger partial charge in [0.15, 0.2) is 0 Å².